The second-order valence-electron chi connectivity index (χ2n) is 6.57. The van der Waals surface area contributed by atoms with Crippen LogP contribution in [-0.4, -0.2) is 43.7 Å². The van der Waals surface area contributed by atoms with Gasteiger partial charge in [0.05, 0.1) is 12.9 Å². The average Bonchev–Trinajstić information content (AvgIpc) is 2.57. The fourth-order valence-electron chi connectivity index (χ4n) is 2.39. The number of hydrogen-bond donors (Lipinski definition) is 2. The number of hydrogen-bond acceptors (Lipinski definition) is 5. The summed E-state index contributed by atoms with van der Waals surface area (Å²) in [5.41, 5.74) is 1.21. The van der Waals surface area contributed by atoms with E-state index in [0.717, 1.165) is 25.5 Å². The maximum Gasteiger partial charge on any atom is 0.264 e. The molecule has 2 atom stereocenters. The number of aliphatic hydroxyl groups is 2. The Balaban J connectivity index is 4.06. The van der Waals surface area contributed by atoms with Gasteiger partial charge in [0.1, 0.15) is 12.2 Å². The summed E-state index contributed by atoms with van der Waals surface area (Å²) < 4.78 is 26.7. The number of unbranched alkanes of at least 4 members (excludes halogenated alkanes) is 6. The molecule has 0 heterocycles. The van der Waals surface area contributed by atoms with E-state index in [-0.39, 0.29) is 0 Å². The molecule has 0 aliphatic heterocycles. The molecule has 0 amide bonds. The number of rotatable bonds is 15. The predicted octanol–water partition coefficient (Wildman–Crippen LogP) is 3.88. The standard InChI is InChI=1S/C20H36O5S/c1-4-5-6-7-8-9-11-14-18(2)15-12-10-13-16-19(22)20(17-21)25-26(3,23)24/h11,13-16,19-22H,4-10,12,17H2,1-3H3/b14-11+,16-13+,18-15+/t19-,20-/m1/s1. The Morgan fingerprint density at radius 1 is 1.08 bits per heavy atom. The molecule has 0 radical (unpaired) electrons. The minimum Gasteiger partial charge on any atom is -0.394 e. The molecule has 0 aromatic carbocycles. The lowest BCUT2D eigenvalue weighted by atomic mass is 10.1. The Kier molecular flexibility index (Phi) is 14.6. The van der Waals surface area contributed by atoms with Crippen LogP contribution in [0.15, 0.2) is 36.0 Å². The van der Waals surface area contributed by atoms with Crippen LogP contribution in [0.2, 0.25) is 0 Å². The van der Waals surface area contributed by atoms with Crippen LogP contribution in [0.1, 0.15) is 65.2 Å². The Morgan fingerprint density at radius 2 is 1.77 bits per heavy atom. The molecule has 152 valence electrons. The van der Waals surface area contributed by atoms with Gasteiger partial charge in [-0.05, 0) is 32.6 Å². The van der Waals surface area contributed by atoms with Gasteiger partial charge in [-0.2, -0.15) is 8.42 Å². The molecular formula is C20H36O5S. The molecule has 0 aromatic rings. The third kappa shape index (κ3) is 15.3. The highest BCUT2D eigenvalue weighted by molar-refractivity contribution is 7.86. The zero-order chi connectivity index (χ0) is 19.8. The van der Waals surface area contributed by atoms with Crippen LogP contribution in [0.4, 0.5) is 0 Å². The SMILES string of the molecule is CCCCCCC/C=C/C(C)=C/CC/C=C/[C@@H](O)[C@@H](CO)OS(C)(=O)=O. The lowest BCUT2D eigenvalue weighted by Crippen LogP contribution is -2.32. The largest absolute Gasteiger partial charge is 0.394 e. The molecule has 0 saturated heterocycles. The summed E-state index contributed by atoms with van der Waals surface area (Å²) in [4.78, 5) is 0. The minimum absolute atomic E-state index is 0.569. The average molecular weight is 389 g/mol. The molecular weight excluding hydrogens is 352 g/mol. The maximum atomic E-state index is 11.0. The molecule has 0 fully saturated rings. The fraction of sp³-hybridized carbons (Fsp3) is 0.700. The van der Waals surface area contributed by atoms with E-state index in [2.05, 4.69) is 36.3 Å². The highest BCUT2D eigenvalue weighted by atomic mass is 32.2. The van der Waals surface area contributed by atoms with Crippen LogP contribution in [0.25, 0.3) is 0 Å². The van der Waals surface area contributed by atoms with E-state index in [0.29, 0.717) is 0 Å². The van der Waals surface area contributed by atoms with Crippen molar-refractivity contribution >= 4 is 10.1 Å². The third-order valence-corrected chi connectivity index (χ3v) is 4.44. The lowest BCUT2D eigenvalue weighted by Gasteiger charge is -2.16. The predicted molar refractivity (Wildman–Crippen MR) is 107 cm³/mol. The monoisotopic (exact) mass is 388 g/mol. The first kappa shape index (κ1) is 25.1. The van der Waals surface area contributed by atoms with Crippen LogP contribution in [0, 0.1) is 0 Å². The van der Waals surface area contributed by atoms with Crippen LogP contribution in [0.3, 0.4) is 0 Å². The number of allylic oxidation sites excluding steroid dienone is 5. The van der Waals surface area contributed by atoms with Gasteiger partial charge in [-0.25, -0.2) is 0 Å². The molecule has 0 aromatic heterocycles. The summed E-state index contributed by atoms with van der Waals surface area (Å²) in [6, 6.07) is 0. The molecule has 0 saturated carbocycles. The van der Waals surface area contributed by atoms with E-state index in [1.165, 1.54) is 43.8 Å². The summed E-state index contributed by atoms with van der Waals surface area (Å²) in [7, 11) is -3.72. The van der Waals surface area contributed by atoms with Gasteiger partial charge in [0.15, 0.2) is 0 Å². The highest BCUT2D eigenvalue weighted by Gasteiger charge is 2.21. The van der Waals surface area contributed by atoms with Crippen molar-refractivity contribution in [2.45, 2.75) is 77.4 Å². The number of aliphatic hydroxyl groups excluding tert-OH is 2. The van der Waals surface area contributed by atoms with Crippen LogP contribution < -0.4 is 0 Å². The molecule has 0 rings (SSSR count). The molecule has 0 unspecified atom stereocenters. The molecule has 0 aliphatic rings. The third-order valence-electron chi connectivity index (χ3n) is 3.85. The normalized spacial score (nSPS) is 15.8. The van der Waals surface area contributed by atoms with Gasteiger partial charge in [-0.1, -0.05) is 68.6 Å². The molecule has 5 nitrogen and oxygen atoms in total. The van der Waals surface area contributed by atoms with Gasteiger partial charge in [0.2, 0.25) is 0 Å². The zero-order valence-corrected chi connectivity index (χ0v) is 17.2. The second kappa shape index (κ2) is 15.1. The van der Waals surface area contributed by atoms with E-state index in [4.69, 9.17) is 5.11 Å². The minimum atomic E-state index is -3.72. The van der Waals surface area contributed by atoms with Gasteiger partial charge in [-0.3, -0.25) is 4.18 Å². The first-order valence-corrected chi connectivity index (χ1v) is 11.3. The lowest BCUT2D eigenvalue weighted by molar-refractivity contribution is 0.0308. The van der Waals surface area contributed by atoms with Crippen LogP contribution >= 0.6 is 0 Å². The second-order valence-corrected chi connectivity index (χ2v) is 8.17. The summed E-state index contributed by atoms with van der Waals surface area (Å²) >= 11 is 0. The Labute approximate surface area is 159 Å². The first-order valence-electron chi connectivity index (χ1n) is 9.47. The summed E-state index contributed by atoms with van der Waals surface area (Å²) in [6.45, 7) is 3.72. The zero-order valence-electron chi connectivity index (χ0n) is 16.4. The van der Waals surface area contributed by atoms with Crippen molar-refractivity contribution in [2.24, 2.45) is 0 Å². The summed E-state index contributed by atoms with van der Waals surface area (Å²) in [5.74, 6) is 0. The highest BCUT2D eigenvalue weighted by Crippen LogP contribution is 2.08. The fourth-order valence-corrected chi connectivity index (χ4v) is 3.01. The van der Waals surface area contributed by atoms with E-state index in [9.17, 15) is 13.5 Å². The van der Waals surface area contributed by atoms with Crippen LogP contribution in [0.5, 0.6) is 0 Å². The van der Waals surface area contributed by atoms with E-state index >= 15 is 0 Å². The quantitative estimate of drug-likeness (QED) is 0.192. The van der Waals surface area contributed by atoms with E-state index in [1.54, 1.807) is 6.08 Å². The smallest absolute Gasteiger partial charge is 0.264 e. The van der Waals surface area contributed by atoms with Crippen molar-refractivity contribution in [1.29, 1.82) is 0 Å². The van der Waals surface area contributed by atoms with Crippen molar-refractivity contribution < 1.29 is 22.8 Å². The van der Waals surface area contributed by atoms with Crippen molar-refractivity contribution in [3.05, 3.63) is 36.0 Å². The summed E-state index contributed by atoms with van der Waals surface area (Å²) in [6.07, 6.45) is 17.4. The molecule has 2 N–H and O–H groups in total. The molecule has 0 bridgehead atoms. The van der Waals surface area contributed by atoms with Crippen molar-refractivity contribution in [3.8, 4) is 0 Å². The maximum absolute atomic E-state index is 11.0. The van der Waals surface area contributed by atoms with Gasteiger partial charge in [0, 0.05) is 0 Å². The van der Waals surface area contributed by atoms with Crippen molar-refractivity contribution in [2.75, 3.05) is 12.9 Å². The van der Waals surface area contributed by atoms with E-state index < -0.39 is 28.9 Å². The Morgan fingerprint density at radius 3 is 2.38 bits per heavy atom. The van der Waals surface area contributed by atoms with Gasteiger partial charge < -0.3 is 10.2 Å². The van der Waals surface area contributed by atoms with Crippen molar-refractivity contribution in [1.82, 2.24) is 0 Å². The van der Waals surface area contributed by atoms with Gasteiger partial charge in [0.25, 0.3) is 10.1 Å². The molecule has 26 heavy (non-hydrogen) atoms. The van der Waals surface area contributed by atoms with Gasteiger partial charge in [-0.15, -0.1) is 0 Å². The summed E-state index contributed by atoms with van der Waals surface area (Å²) in [5, 5.41) is 18.9. The Bertz CT molecular complexity index is 534. The first-order chi connectivity index (χ1) is 12.3. The van der Waals surface area contributed by atoms with E-state index in [1.807, 2.05) is 0 Å². The molecule has 6 heteroatoms. The van der Waals surface area contributed by atoms with Crippen LogP contribution in [-0.2, 0) is 14.3 Å². The van der Waals surface area contributed by atoms with Crippen molar-refractivity contribution in [3.63, 3.8) is 0 Å². The molecule has 0 aliphatic carbocycles. The molecule has 0 spiro atoms. The van der Waals surface area contributed by atoms with Gasteiger partial charge >= 0.3 is 0 Å². The Hall–Kier alpha value is -0.950. The topological polar surface area (TPSA) is 83.8 Å².